The van der Waals surface area contributed by atoms with Crippen molar-refractivity contribution >= 4 is 0 Å². The van der Waals surface area contributed by atoms with Crippen molar-refractivity contribution in [1.29, 1.82) is 0 Å². The molecule has 0 aliphatic rings. The number of nitrogens with zero attached hydrogens (tertiary/aromatic N) is 3. The van der Waals surface area contributed by atoms with Crippen LogP contribution in [0.25, 0.3) is 16.0 Å². The average Bonchev–Trinajstić information content (AvgIpc) is 3.02. The molecule has 0 heterocycles. The maximum Gasteiger partial charge on any atom is 4.00 e. The Morgan fingerprint density at radius 1 is 0.571 bits per heavy atom. The number of rotatable bonds is 6. The van der Waals surface area contributed by atoms with E-state index in [0.29, 0.717) is 0 Å². The zero-order valence-electron chi connectivity index (χ0n) is 14.9. The van der Waals surface area contributed by atoms with Crippen LogP contribution < -0.4 is 0 Å². The van der Waals surface area contributed by atoms with E-state index in [4.69, 9.17) is 0 Å². The van der Waals surface area contributed by atoms with Crippen LogP contribution in [0.3, 0.4) is 0 Å². The van der Waals surface area contributed by atoms with Crippen LogP contribution in [-0.2, 0) is 18.6 Å². The molecule has 0 N–H and O–H groups in total. The van der Waals surface area contributed by atoms with Gasteiger partial charge in [0.15, 0.2) is 0 Å². The van der Waals surface area contributed by atoms with Crippen molar-refractivity contribution in [2.24, 2.45) is 0 Å². The van der Waals surface area contributed by atoms with E-state index >= 15 is 0 Å². The minimum absolute atomic E-state index is 0. The maximum absolute atomic E-state index is 3.97. The molecule has 0 aliphatic carbocycles. The zero-order chi connectivity index (χ0) is 15.9. The molecule has 0 amide bonds. The summed E-state index contributed by atoms with van der Waals surface area (Å²) < 4.78 is 0. The van der Waals surface area contributed by atoms with Gasteiger partial charge in [0.25, 0.3) is 0 Å². The van der Waals surface area contributed by atoms with Crippen LogP contribution >= 0.6 is 0 Å². The van der Waals surface area contributed by atoms with Gasteiger partial charge in [-0.05, 0) is 0 Å². The monoisotopic (exact) mass is 332 g/mol. The van der Waals surface area contributed by atoms with Gasteiger partial charge in [-0.25, -0.2) is 12.1 Å². The standard InChI is InChI=1S/C5H5.3C4H10N.V/c1-2-4-5-3-1;3*1-3-5-4-2;/h1-5H;3*3-4H2,1-2H3;/q4*-1;+4. The molecule has 0 fully saturated rings. The fourth-order valence-corrected chi connectivity index (χ4v) is 0.992. The van der Waals surface area contributed by atoms with E-state index in [2.05, 4.69) is 16.0 Å². The van der Waals surface area contributed by atoms with Crippen molar-refractivity contribution in [2.75, 3.05) is 39.3 Å². The molecule has 3 nitrogen and oxygen atoms in total. The van der Waals surface area contributed by atoms with E-state index in [0.717, 1.165) is 39.3 Å². The molecule has 0 saturated carbocycles. The Bertz CT molecular complexity index is 154. The molecule has 0 saturated heterocycles. The van der Waals surface area contributed by atoms with Crippen LogP contribution in [0, 0.1) is 0 Å². The SMILES string of the molecule is CC[N-]CC.CC[N-]CC.CC[N-]CC.[V+4].c1cc[cH-]c1. The molecule has 1 radical (unpaired) electrons. The summed E-state index contributed by atoms with van der Waals surface area (Å²) in [6.07, 6.45) is 0. The summed E-state index contributed by atoms with van der Waals surface area (Å²) in [7, 11) is 0. The predicted molar refractivity (Wildman–Crippen MR) is 95.4 cm³/mol. The molecule has 123 valence electrons. The zero-order valence-corrected chi connectivity index (χ0v) is 16.3. The van der Waals surface area contributed by atoms with Gasteiger partial charge < -0.3 is 16.0 Å². The number of hydrogen-bond donors (Lipinski definition) is 0. The normalized spacial score (nSPS) is 7.90. The summed E-state index contributed by atoms with van der Waals surface area (Å²) in [4.78, 5) is 0. The summed E-state index contributed by atoms with van der Waals surface area (Å²) in [6.45, 7) is 18.1. The topological polar surface area (TPSA) is 42.3 Å². The van der Waals surface area contributed by atoms with Crippen LogP contribution in [0.4, 0.5) is 0 Å². The second-order valence-electron chi connectivity index (χ2n) is 3.53. The van der Waals surface area contributed by atoms with Crippen molar-refractivity contribution in [2.45, 2.75) is 41.5 Å². The van der Waals surface area contributed by atoms with Gasteiger partial charge in [-0.1, -0.05) is 41.5 Å². The largest absolute Gasteiger partial charge is 4.00 e. The molecule has 21 heavy (non-hydrogen) atoms. The summed E-state index contributed by atoms with van der Waals surface area (Å²) >= 11 is 0. The molecule has 1 aromatic carbocycles. The van der Waals surface area contributed by atoms with Gasteiger partial charge in [0.1, 0.15) is 0 Å². The van der Waals surface area contributed by atoms with Crippen LogP contribution in [0.5, 0.6) is 0 Å². The van der Waals surface area contributed by atoms with E-state index in [1.165, 1.54) is 0 Å². The van der Waals surface area contributed by atoms with E-state index in [1.54, 1.807) is 0 Å². The van der Waals surface area contributed by atoms with Gasteiger partial charge in [-0.3, -0.25) is 0 Å². The molecule has 0 aliphatic heterocycles. The van der Waals surface area contributed by atoms with Gasteiger partial charge >= 0.3 is 18.6 Å². The van der Waals surface area contributed by atoms with Crippen molar-refractivity contribution in [3.63, 3.8) is 0 Å². The molecule has 0 bridgehead atoms. The first kappa shape index (κ1) is 28.9. The van der Waals surface area contributed by atoms with Crippen LogP contribution in [0.2, 0.25) is 0 Å². The van der Waals surface area contributed by atoms with E-state index in [9.17, 15) is 0 Å². The smallest absolute Gasteiger partial charge is 0.663 e. The summed E-state index contributed by atoms with van der Waals surface area (Å²) in [5, 5.41) is 11.9. The van der Waals surface area contributed by atoms with Gasteiger partial charge in [0, 0.05) is 0 Å². The maximum atomic E-state index is 3.97. The van der Waals surface area contributed by atoms with Crippen molar-refractivity contribution in [3.8, 4) is 0 Å². The van der Waals surface area contributed by atoms with Gasteiger partial charge in [0.2, 0.25) is 0 Å². The molecule has 0 spiro atoms. The molecule has 1 aromatic rings. The molecular weight excluding hydrogens is 297 g/mol. The summed E-state index contributed by atoms with van der Waals surface area (Å²) in [5.74, 6) is 0. The Hall–Kier alpha value is -0.186. The van der Waals surface area contributed by atoms with Crippen molar-refractivity contribution in [1.82, 2.24) is 0 Å². The summed E-state index contributed by atoms with van der Waals surface area (Å²) in [5.41, 5.74) is 0. The first-order valence-corrected chi connectivity index (χ1v) is 7.81. The van der Waals surface area contributed by atoms with Crippen molar-refractivity contribution in [3.05, 3.63) is 46.3 Å². The average molecular weight is 332 g/mol. The quantitative estimate of drug-likeness (QED) is 0.608. The second kappa shape index (κ2) is 36.8. The Morgan fingerprint density at radius 2 is 0.810 bits per heavy atom. The minimum Gasteiger partial charge on any atom is -0.663 e. The van der Waals surface area contributed by atoms with Crippen LogP contribution in [-0.4, -0.2) is 39.3 Å². The van der Waals surface area contributed by atoms with E-state index in [-0.39, 0.29) is 18.6 Å². The third-order valence-corrected chi connectivity index (χ3v) is 1.90. The second-order valence-corrected chi connectivity index (χ2v) is 3.53. The third-order valence-electron chi connectivity index (χ3n) is 1.90. The molecule has 1 rings (SSSR count). The first-order chi connectivity index (χ1) is 9.74. The van der Waals surface area contributed by atoms with Gasteiger partial charge in [-0.15, -0.1) is 0 Å². The van der Waals surface area contributed by atoms with E-state index < -0.39 is 0 Å². The molecular formula is C17H35N3V. The third kappa shape index (κ3) is 53.8. The van der Waals surface area contributed by atoms with Gasteiger partial charge in [0.05, 0.1) is 0 Å². The molecule has 4 heteroatoms. The van der Waals surface area contributed by atoms with Crippen LogP contribution in [0.1, 0.15) is 41.5 Å². The van der Waals surface area contributed by atoms with Gasteiger partial charge in [-0.2, -0.15) is 57.5 Å². The minimum atomic E-state index is 0. The summed E-state index contributed by atoms with van der Waals surface area (Å²) in [6, 6.07) is 10.0. The van der Waals surface area contributed by atoms with Crippen LogP contribution in [0.15, 0.2) is 30.3 Å². The Morgan fingerprint density at radius 3 is 0.857 bits per heavy atom. The molecule has 0 unspecified atom stereocenters. The number of hydrogen-bond acceptors (Lipinski definition) is 0. The molecule has 0 aromatic heterocycles. The van der Waals surface area contributed by atoms with Crippen molar-refractivity contribution < 1.29 is 18.6 Å². The Labute approximate surface area is 145 Å². The molecule has 0 atom stereocenters. The Kier molecular flexibility index (Phi) is 50.6. The predicted octanol–water partition coefficient (Wildman–Crippen LogP) is 5.60. The van der Waals surface area contributed by atoms with E-state index in [1.807, 2.05) is 71.9 Å². The fourth-order valence-electron chi connectivity index (χ4n) is 0.992. The fraction of sp³-hybridized carbons (Fsp3) is 0.706. The Balaban J connectivity index is -0.0000000903. The first-order valence-electron chi connectivity index (χ1n) is 7.81.